The highest BCUT2D eigenvalue weighted by atomic mass is 16.3. The van der Waals surface area contributed by atoms with Gasteiger partial charge in [-0.05, 0) is 31.7 Å². The molecule has 1 aromatic rings. The second-order valence-electron chi connectivity index (χ2n) is 4.11. The molecule has 1 fully saturated rings. The number of aliphatic hydroxyl groups excluding tert-OH is 1. The Morgan fingerprint density at radius 1 is 1.47 bits per heavy atom. The van der Waals surface area contributed by atoms with Crippen molar-refractivity contribution in [3.63, 3.8) is 0 Å². The third-order valence-corrected chi connectivity index (χ3v) is 2.82. The van der Waals surface area contributed by atoms with Gasteiger partial charge >= 0.3 is 0 Å². The van der Waals surface area contributed by atoms with Crippen LogP contribution in [0.5, 0.6) is 0 Å². The average Bonchev–Trinajstić information content (AvgIpc) is 2.64. The highest BCUT2D eigenvalue weighted by Gasteiger charge is 2.29. The highest BCUT2D eigenvalue weighted by molar-refractivity contribution is 5.06. The van der Waals surface area contributed by atoms with Gasteiger partial charge in [0.25, 0.3) is 0 Å². The summed E-state index contributed by atoms with van der Waals surface area (Å²) in [6, 6.07) is 2.42. The Morgan fingerprint density at radius 2 is 2.07 bits per heavy atom. The van der Waals surface area contributed by atoms with Gasteiger partial charge in [0.2, 0.25) is 0 Å². The van der Waals surface area contributed by atoms with E-state index in [4.69, 9.17) is 0 Å². The summed E-state index contributed by atoms with van der Waals surface area (Å²) in [5.41, 5.74) is 0.942. The predicted octanol–water partition coefficient (Wildman–Crippen LogP) is 2.93. The van der Waals surface area contributed by atoms with Crippen molar-refractivity contribution >= 4 is 0 Å². The molecule has 86 valence electrons. The first kappa shape index (κ1) is 12.2. The monoisotopic (exact) mass is 210 g/mol. The first-order valence-electron chi connectivity index (χ1n) is 5.90. The van der Waals surface area contributed by atoms with E-state index in [1.807, 2.05) is 24.6 Å². The Kier molecular flexibility index (Phi) is 4.33. The van der Waals surface area contributed by atoms with E-state index >= 15 is 0 Å². The Balaban J connectivity index is 0.000000531. The van der Waals surface area contributed by atoms with Crippen molar-refractivity contribution in [1.29, 1.82) is 0 Å². The van der Waals surface area contributed by atoms with Crippen LogP contribution < -0.4 is 0 Å². The van der Waals surface area contributed by atoms with Crippen LogP contribution in [0.25, 0.3) is 0 Å². The minimum atomic E-state index is -0.404. The van der Waals surface area contributed by atoms with Gasteiger partial charge in [-0.3, -0.25) is 4.68 Å². The molecule has 0 aliphatic heterocycles. The van der Waals surface area contributed by atoms with Crippen molar-refractivity contribution in [2.45, 2.75) is 52.7 Å². The van der Waals surface area contributed by atoms with Crippen molar-refractivity contribution in [2.24, 2.45) is 5.92 Å². The maximum Gasteiger partial charge on any atom is 0.0928 e. The number of hydrogen-bond acceptors (Lipinski definition) is 2. The number of hydrogen-bond donors (Lipinski definition) is 1. The van der Waals surface area contributed by atoms with Gasteiger partial charge < -0.3 is 5.11 Å². The Morgan fingerprint density at radius 3 is 2.53 bits per heavy atom. The lowest BCUT2D eigenvalue weighted by Gasteiger charge is -2.34. The first-order chi connectivity index (χ1) is 7.18. The zero-order chi connectivity index (χ0) is 11.4. The lowest BCUT2D eigenvalue weighted by molar-refractivity contribution is 0.153. The maximum absolute atomic E-state index is 9.47. The van der Waals surface area contributed by atoms with Crippen molar-refractivity contribution in [3.05, 3.63) is 18.0 Å². The van der Waals surface area contributed by atoms with E-state index in [2.05, 4.69) is 12.0 Å². The van der Waals surface area contributed by atoms with Crippen LogP contribution >= 0.6 is 0 Å². The van der Waals surface area contributed by atoms with Crippen molar-refractivity contribution in [2.75, 3.05) is 0 Å². The summed E-state index contributed by atoms with van der Waals surface area (Å²) < 4.78 is 1.98. The third kappa shape index (κ3) is 2.59. The molecule has 1 N–H and O–H groups in total. The van der Waals surface area contributed by atoms with Crippen LogP contribution in [0.3, 0.4) is 0 Å². The molecule has 0 aromatic carbocycles. The molecule has 3 nitrogen and oxygen atoms in total. The Hall–Kier alpha value is -0.830. The van der Waals surface area contributed by atoms with Crippen LogP contribution in [-0.2, 0) is 0 Å². The zero-order valence-electron chi connectivity index (χ0n) is 10.1. The summed E-state index contributed by atoms with van der Waals surface area (Å²) >= 11 is 0. The molecule has 3 heteroatoms. The topological polar surface area (TPSA) is 38.0 Å². The molecular weight excluding hydrogens is 188 g/mol. The minimum absolute atomic E-state index is 0.404. The molecule has 0 bridgehead atoms. The van der Waals surface area contributed by atoms with E-state index in [0.717, 1.165) is 11.6 Å². The molecule has 0 amide bonds. The lowest BCUT2D eigenvalue weighted by atomic mass is 9.82. The standard InChI is InChI=1S/C10H16N2O.C2H6/c1-7-5-9(6-7)12-10(8(2)13)3-4-11-12;1-2/h3-4,7-9,13H,5-6H2,1-2H3;1-2H3/t7?,8-,9?;/m1./s1. The van der Waals surface area contributed by atoms with Gasteiger partial charge in [0.05, 0.1) is 17.8 Å². The lowest BCUT2D eigenvalue weighted by Crippen LogP contribution is -2.27. The fraction of sp³-hybridized carbons (Fsp3) is 0.750. The molecule has 1 heterocycles. The van der Waals surface area contributed by atoms with Gasteiger partial charge in [0, 0.05) is 6.20 Å². The van der Waals surface area contributed by atoms with E-state index < -0.39 is 6.10 Å². The molecule has 1 saturated carbocycles. The SMILES string of the molecule is CC.CC1CC(n2nccc2[C@@H](C)O)C1. The van der Waals surface area contributed by atoms with Gasteiger partial charge in [-0.15, -0.1) is 0 Å². The quantitative estimate of drug-likeness (QED) is 0.815. The molecule has 0 unspecified atom stereocenters. The van der Waals surface area contributed by atoms with Gasteiger partial charge in [-0.2, -0.15) is 5.10 Å². The van der Waals surface area contributed by atoms with Gasteiger partial charge in [-0.1, -0.05) is 20.8 Å². The fourth-order valence-corrected chi connectivity index (χ4v) is 2.02. The van der Waals surface area contributed by atoms with Gasteiger partial charge in [0.15, 0.2) is 0 Å². The highest BCUT2D eigenvalue weighted by Crippen LogP contribution is 2.38. The molecule has 1 aromatic heterocycles. The van der Waals surface area contributed by atoms with Crippen LogP contribution in [-0.4, -0.2) is 14.9 Å². The molecule has 0 saturated heterocycles. The van der Waals surface area contributed by atoms with Crippen LogP contribution in [0.1, 0.15) is 58.4 Å². The average molecular weight is 210 g/mol. The number of nitrogens with zero attached hydrogens (tertiary/aromatic N) is 2. The predicted molar refractivity (Wildman–Crippen MR) is 61.6 cm³/mol. The zero-order valence-corrected chi connectivity index (χ0v) is 10.1. The summed E-state index contributed by atoms with van der Waals surface area (Å²) in [6.45, 7) is 8.04. The minimum Gasteiger partial charge on any atom is -0.387 e. The summed E-state index contributed by atoms with van der Waals surface area (Å²) in [5.74, 6) is 0.816. The molecule has 15 heavy (non-hydrogen) atoms. The normalized spacial score (nSPS) is 26.2. The second kappa shape index (κ2) is 5.31. The van der Waals surface area contributed by atoms with E-state index in [1.54, 1.807) is 13.1 Å². The van der Waals surface area contributed by atoms with Crippen LogP contribution in [0.15, 0.2) is 12.3 Å². The number of aliphatic hydroxyl groups is 1. The fourth-order valence-electron chi connectivity index (χ4n) is 2.02. The van der Waals surface area contributed by atoms with Crippen LogP contribution in [0.2, 0.25) is 0 Å². The van der Waals surface area contributed by atoms with Gasteiger partial charge in [0.1, 0.15) is 0 Å². The second-order valence-corrected chi connectivity index (χ2v) is 4.11. The van der Waals surface area contributed by atoms with Crippen molar-refractivity contribution in [3.8, 4) is 0 Å². The summed E-state index contributed by atoms with van der Waals surface area (Å²) in [5, 5.41) is 13.7. The molecule has 1 aliphatic carbocycles. The Labute approximate surface area is 92.1 Å². The molecule has 0 spiro atoms. The van der Waals surface area contributed by atoms with E-state index in [1.165, 1.54) is 12.8 Å². The van der Waals surface area contributed by atoms with Crippen molar-refractivity contribution in [1.82, 2.24) is 9.78 Å². The Bertz CT molecular complexity index is 288. The van der Waals surface area contributed by atoms with Gasteiger partial charge in [-0.25, -0.2) is 0 Å². The third-order valence-electron chi connectivity index (χ3n) is 2.82. The van der Waals surface area contributed by atoms with Crippen molar-refractivity contribution < 1.29 is 5.11 Å². The summed E-state index contributed by atoms with van der Waals surface area (Å²) in [4.78, 5) is 0. The number of aromatic nitrogens is 2. The summed E-state index contributed by atoms with van der Waals surface area (Å²) in [7, 11) is 0. The summed E-state index contributed by atoms with van der Waals surface area (Å²) in [6.07, 6.45) is 3.76. The first-order valence-corrected chi connectivity index (χ1v) is 5.90. The molecule has 1 aliphatic rings. The van der Waals surface area contributed by atoms with E-state index in [-0.39, 0.29) is 0 Å². The van der Waals surface area contributed by atoms with E-state index in [9.17, 15) is 5.11 Å². The largest absolute Gasteiger partial charge is 0.387 e. The molecular formula is C12H22N2O. The van der Waals surface area contributed by atoms with E-state index in [0.29, 0.717) is 6.04 Å². The molecule has 2 rings (SSSR count). The smallest absolute Gasteiger partial charge is 0.0928 e. The molecule has 1 atom stereocenters. The molecule has 0 radical (unpaired) electrons. The van der Waals surface area contributed by atoms with Crippen LogP contribution in [0, 0.1) is 5.92 Å². The number of rotatable bonds is 2. The maximum atomic E-state index is 9.47. The van der Waals surface area contributed by atoms with Crippen LogP contribution in [0.4, 0.5) is 0 Å².